The van der Waals surface area contributed by atoms with Crippen LogP contribution in [0.3, 0.4) is 0 Å². The minimum absolute atomic E-state index is 0.222. The van der Waals surface area contributed by atoms with Gasteiger partial charge in [-0.3, -0.25) is 9.78 Å². The number of nitrogens with zero attached hydrogens (tertiary/aromatic N) is 1. The Bertz CT molecular complexity index is 677. The number of carbonyl (C=O) groups is 1. The zero-order valence-corrected chi connectivity index (χ0v) is 14.1. The number of carbonyl (C=O) groups excluding carboxylic acids is 1. The molecule has 5 nitrogen and oxygen atoms in total. The van der Waals surface area contributed by atoms with Crippen LogP contribution in [0.1, 0.15) is 35.9 Å². The van der Waals surface area contributed by atoms with E-state index in [1.807, 2.05) is 32.0 Å². The second-order valence-electron chi connectivity index (χ2n) is 4.87. The van der Waals surface area contributed by atoms with E-state index in [9.17, 15) is 4.79 Å². The molecule has 0 radical (unpaired) electrons. The van der Waals surface area contributed by atoms with Gasteiger partial charge in [-0.15, -0.1) is 0 Å². The number of hydrogen-bond acceptors (Lipinski definition) is 4. The molecule has 6 heteroatoms. The fraction of sp³-hybridized carbons (Fsp3) is 0.294. The lowest BCUT2D eigenvalue weighted by molar-refractivity contribution is 0.0938. The van der Waals surface area contributed by atoms with Crippen LogP contribution in [0.2, 0.25) is 5.02 Å². The van der Waals surface area contributed by atoms with E-state index >= 15 is 0 Å². The second-order valence-corrected chi connectivity index (χ2v) is 5.28. The van der Waals surface area contributed by atoms with Crippen LogP contribution in [0, 0.1) is 0 Å². The number of nitrogens with one attached hydrogen (secondary N) is 1. The van der Waals surface area contributed by atoms with Crippen LogP contribution < -0.4 is 14.8 Å². The normalized spacial score (nSPS) is 11.7. The molecule has 1 heterocycles. The third-order valence-electron chi connectivity index (χ3n) is 3.26. The molecule has 0 spiro atoms. The number of aromatic nitrogens is 1. The number of benzene rings is 1. The molecule has 0 saturated heterocycles. The zero-order valence-electron chi connectivity index (χ0n) is 13.3. The van der Waals surface area contributed by atoms with Gasteiger partial charge in [-0.2, -0.15) is 0 Å². The molecule has 1 atom stereocenters. The lowest BCUT2D eigenvalue weighted by Crippen LogP contribution is -2.27. The van der Waals surface area contributed by atoms with Gasteiger partial charge in [0.15, 0.2) is 11.5 Å². The van der Waals surface area contributed by atoms with Crippen molar-refractivity contribution in [3.8, 4) is 11.5 Å². The molecule has 0 fully saturated rings. The molecule has 2 aromatic rings. The minimum atomic E-state index is -0.258. The van der Waals surface area contributed by atoms with Crippen molar-refractivity contribution in [3.63, 3.8) is 0 Å². The number of amides is 1. The maximum absolute atomic E-state index is 12.4. The molecular weight excluding hydrogens is 316 g/mol. The highest BCUT2D eigenvalue weighted by molar-refractivity contribution is 6.32. The highest BCUT2D eigenvalue weighted by atomic mass is 35.5. The Labute approximate surface area is 140 Å². The van der Waals surface area contributed by atoms with E-state index in [0.29, 0.717) is 28.7 Å². The summed E-state index contributed by atoms with van der Waals surface area (Å²) in [6, 6.07) is 8.51. The van der Waals surface area contributed by atoms with Gasteiger partial charge in [0.25, 0.3) is 5.91 Å². The van der Waals surface area contributed by atoms with Gasteiger partial charge in [-0.05, 0) is 38.1 Å². The molecular formula is C17H19ClN2O3. The Hall–Kier alpha value is -2.27. The first-order valence-corrected chi connectivity index (χ1v) is 7.66. The average molecular weight is 335 g/mol. The van der Waals surface area contributed by atoms with Gasteiger partial charge in [0, 0.05) is 11.8 Å². The third-order valence-corrected chi connectivity index (χ3v) is 3.54. The van der Waals surface area contributed by atoms with Crippen LogP contribution in [0.4, 0.5) is 0 Å². The average Bonchev–Trinajstić information content (AvgIpc) is 2.57. The minimum Gasteiger partial charge on any atom is -0.493 e. The van der Waals surface area contributed by atoms with Gasteiger partial charge < -0.3 is 14.8 Å². The number of halogens is 1. The Morgan fingerprint density at radius 2 is 2.17 bits per heavy atom. The quantitative estimate of drug-likeness (QED) is 0.876. The smallest absolute Gasteiger partial charge is 0.251 e. The lowest BCUT2D eigenvalue weighted by atomic mass is 10.1. The monoisotopic (exact) mass is 334 g/mol. The van der Waals surface area contributed by atoms with Crippen LogP contribution in [0.25, 0.3) is 0 Å². The molecule has 0 aliphatic rings. The predicted molar refractivity (Wildman–Crippen MR) is 89.3 cm³/mol. The summed E-state index contributed by atoms with van der Waals surface area (Å²) in [4.78, 5) is 16.7. The molecule has 1 amide bonds. The number of methoxy groups -OCH3 is 1. The van der Waals surface area contributed by atoms with E-state index in [4.69, 9.17) is 21.1 Å². The zero-order chi connectivity index (χ0) is 16.8. The molecule has 23 heavy (non-hydrogen) atoms. The van der Waals surface area contributed by atoms with E-state index in [1.54, 1.807) is 18.3 Å². The summed E-state index contributed by atoms with van der Waals surface area (Å²) in [6.07, 6.45) is 1.69. The van der Waals surface area contributed by atoms with E-state index < -0.39 is 0 Å². The number of hydrogen-bond donors (Lipinski definition) is 1. The highest BCUT2D eigenvalue weighted by Crippen LogP contribution is 2.36. The summed E-state index contributed by atoms with van der Waals surface area (Å²) in [5.41, 5.74) is 1.18. The predicted octanol–water partition coefficient (Wildman–Crippen LogP) is 3.63. The largest absolute Gasteiger partial charge is 0.493 e. The van der Waals surface area contributed by atoms with Crippen molar-refractivity contribution in [2.45, 2.75) is 19.9 Å². The van der Waals surface area contributed by atoms with Gasteiger partial charge in [0.05, 0.1) is 30.5 Å². The number of rotatable bonds is 6. The Morgan fingerprint density at radius 1 is 1.39 bits per heavy atom. The molecule has 2 rings (SSSR count). The summed E-state index contributed by atoms with van der Waals surface area (Å²) in [7, 11) is 1.51. The van der Waals surface area contributed by atoms with E-state index in [0.717, 1.165) is 5.69 Å². The van der Waals surface area contributed by atoms with Crippen molar-refractivity contribution >= 4 is 17.5 Å². The number of pyridine rings is 1. The van der Waals surface area contributed by atoms with Crippen LogP contribution in [-0.2, 0) is 0 Å². The van der Waals surface area contributed by atoms with Crippen molar-refractivity contribution in [2.75, 3.05) is 13.7 Å². The van der Waals surface area contributed by atoms with Crippen LogP contribution in [-0.4, -0.2) is 24.6 Å². The fourth-order valence-electron chi connectivity index (χ4n) is 2.12. The molecule has 0 aliphatic heterocycles. The van der Waals surface area contributed by atoms with Crippen LogP contribution in [0.15, 0.2) is 36.5 Å². The molecule has 122 valence electrons. The van der Waals surface area contributed by atoms with Gasteiger partial charge in [-0.1, -0.05) is 17.7 Å². The third kappa shape index (κ3) is 4.13. The summed E-state index contributed by atoms with van der Waals surface area (Å²) in [5, 5.41) is 3.22. The number of ether oxygens (including phenoxy) is 2. The molecule has 1 N–H and O–H groups in total. The first-order valence-electron chi connectivity index (χ1n) is 7.29. The summed E-state index contributed by atoms with van der Waals surface area (Å²) in [6.45, 7) is 4.18. The topological polar surface area (TPSA) is 60.5 Å². The molecule has 1 aromatic heterocycles. The summed E-state index contributed by atoms with van der Waals surface area (Å²) >= 11 is 6.19. The SMILES string of the molecule is CCOc1c(Cl)cc(C(=O)NC(C)c2ccccn2)cc1OC. The van der Waals surface area contributed by atoms with Crippen molar-refractivity contribution in [2.24, 2.45) is 0 Å². The first-order chi connectivity index (χ1) is 11.1. The van der Waals surface area contributed by atoms with Gasteiger partial charge in [-0.25, -0.2) is 0 Å². The van der Waals surface area contributed by atoms with Crippen LogP contribution >= 0.6 is 11.6 Å². The standard InChI is InChI=1S/C17H19ClN2O3/c1-4-23-16-13(18)9-12(10-15(16)22-3)17(21)20-11(2)14-7-5-6-8-19-14/h5-11H,4H2,1-3H3,(H,20,21). The second kappa shape index (κ2) is 7.83. The summed E-state index contributed by atoms with van der Waals surface area (Å²) < 4.78 is 10.7. The van der Waals surface area contributed by atoms with Gasteiger partial charge in [0.1, 0.15) is 0 Å². The Balaban J connectivity index is 2.21. The van der Waals surface area contributed by atoms with Gasteiger partial charge in [0.2, 0.25) is 0 Å². The van der Waals surface area contributed by atoms with Crippen LogP contribution in [0.5, 0.6) is 11.5 Å². The first kappa shape index (κ1) is 17.1. The maximum Gasteiger partial charge on any atom is 0.251 e. The van der Waals surface area contributed by atoms with Crippen molar-refractivity contribution in [1.29, 1.82) is 0 Å². The lowest BCUT2D eigenvalue weighted by Gasteiger charge is -2.16. The maximum atomic E-state index is 12.4. The fourth-order valence-corrected chi connectivity index (χ4v) is 2.39. The van der Waals surface area contributed by atoms with Crippen molar-refractivity contribution in [1.82, 2.24) is 10.3 Å². The molecule has 1 unspecified atom stereocenters. The highest BCUT2D eigenvalue weighted by Gasteiger charge is 2.17. The molecule has 0 aliphatic carbocycles. The molecule has 0 saturated carbocycles. The Kier molecular flexibility index (Phi) is 5.82. The Morgan fingerprint density at radius 3 is 2.78 bits per heavy atom. The summed E-state index contributed by atoms with van der Waals surface area (Å²) in [5.74, 6) is 0.604. The molecule has 0 bridgehead atoms. The van der Waals surface area contributed by atoms with Crippen molar-refractivity contribution in [3.05, 3.63) is 52.8 Å². The van der Waals surface area contributed by atoms with E-state index in [1.165, 1.54) is 7.11 Å². The molecule has 1 aromatic carbocycles. The van der Waals surface area contributed by atoms with E-state index in [2.05, 4.69) is 10.3 Å². The van der Waals surface area contributed by atoms with Crippen molar-refractivity contribution < 1.29 is 14.3 Å². The van der Waals surface area contributed by atoms with E-state index in [-0.39, 0.29) is 11.9 Å². The van der Waals surface area contributed by atoms with Gasteiger partial charge >= 0.3 is 0 Å².